The lowest BCUT2D eigenvalue weighted by atomic mass is 10.1. The van der Waals surface area contributed by atoms with Gasteiger partial charge in [-0.1, -0.05) is 6.07 Å². The summed E-state index contributed by atoms with van der Waals surface area (Å²) in [6.07, 6.45) is 1.54. The van der Waals surface area contributed by atoms with Crippen LogP contribution < -0.4 is 15.4 Å². The molecule has 132 valence electrons. The molecule has 2 amide bonds. The molecule has 7 heteroatoms. The number of pyridine rings is 1. The Bertz CT molecular complexity index is 1010. The van der Waals surface area contributed by atoms with E-state index in [-0.39, 0.29) is 17.9 Å². The number of benzene rings is 1. The van der Waals surface area contributed by atoms with Gasteiger partial charge in [0.15, 0.2) is 0 Å². The van der Waals surface area contributed by atoms with Gasteiger partial charge in [-0.3, -0.25) is 9.59 Å². The number of hydrogen-bond donors (Lipinski definition) is 2. The van der Waals surface area contributed by atoms with Crippen molar-refractivity contribution in [3.8, 4) is 5.88 Å². The highest BCUT2D eigenvalue weighted by molar-refractivity contribution is 6.07. The number of carbonyl (C=O) groups excluding carboxylic acids is 2. The summed E-state index contributed by atoms with van der Waals surface area (Å²) in [6.45, 7) is 2.61. The maximum absolute atomic E-state index is 12.6. The Kier molecular flexibility index (Phi) is 3.84. The third-order valence-corrected chi connectivity index (χ3v) is 4.54. The van der Waals surface area contributed by atoms with Crippen molar-refractivity contribution in [2.24, 2.45) is 0 Å². The molecule has 0 saturated heterocycles. The number of amides is 2. The SMILES string of the molecule is COc1ccc(NC(=O)c2ccc3cc4n(c3c2)C(C)CNC4=O)cn1. The average Bonchev–Trinajstić information content (AvgIpc) is 3.05. The summed E-state index contributed by atoms with van der Waals surface area (Å²) in [6, 6.07) is 10.8. The van der Waals surface area contributed by atoms with E-state index in [1.165, 1.54) is 7.11 Å². The van der Waals surface area contributed by atoms with Crippen LogP contribution in [0.15, 0.2) is 42.6 Å². The number of nitrogens with zero attached hydrogens (tertiary/aromatic N) is 2. The average molecular weight is 350 g/mol. The molecule has 1 atom stereocenters. The van der Waals surface area contributed by atoms with Gasteiger partial charge in [0.25, 0.3) is 11.8 Å². The summed E-state index contributed by atoms with van der Waals surface area (Å²) < 4.78 is 7.00. The van der Waals surface area contributed by atoms with E-state index in [1.807, 2.05) is 29.7 Å². The zero-order chi connectivity index (χ0) is 18.3. The highest BCUT2D eigenvalue weighted by atomic mass is 16.5. The molecule has 1 unspecified atom stereocenters. The maximum atomic E-state index is 12.6. The van der Waals surface area contributed by atoms with Crippen molar-refractivity contribution >= 4 is 28.4 Å². The highest BCUT2D eigenvalue weighted by Gasteiger charge is 2.24. The van der Waals surface area contributed by atoms with Gasteiger partial charge in [0.05, 0.1) is 19.0 Å². The molecule has 0 fully saturated rings. The van der Waals surface area contributed by atoms with Crippen molar-refractivity contribution in [1.29, 1.82) is 0 Å². The number of carbonyl (C=O) groups is 2. The Labute approximate surface area is 150 Å². The number of anilines is 1. The molecule has 3 aromatic rings. The van der Waals surface area contributed by atoms with E-state index in [0.29, 0.717) is 29.4 Å². The fourth-order valence-electron chi connectivity index (χ4n) is 3.21. The van der Waals surface area contributed by atoms with E-state index >= 15 is 0 Å². The van der Waals surface area contributed by atoms with E-state index in [9.17, 15) is 9.59 Å². The molecule has 7 nitrogen and oxygen atoms in total. The minimum absolute atomic E-state index is 0.0883. The van der Waals surface area contributed by atoms with Crippen molar-refractivity contribution in [2.45, 2.75) is 13.0 Å². The molecule has 0 aliphatic carbocycles. The van der Waals surface area contributed by atoms with Crippen LogP contribution in [-0.4, -0.2) is 35.0 Å². The lowest BCUT2D eigenvalue weighted by Crippen LogP contribution is -2.37. The summed E-state index contributed by atoms with van der Waals surface area (Å²) >= 11 is 0. The zero-order valence-electron chi connectivity index (χ0n) is 14.4. The van der Waals surface area contributed by atoms with Gasteiger partial charge in [-0.05, 0) is 31.2 Å². The van der Waals surface area contributed by atoms with Crippen LogP contribution in [-0.2, 0) is 0 Å². The first-order valence-corrected chi connectivity index (χ1v) is 8.31. The van der Waals surface area contributed by atoms with Crippen molar-refractivity contribution in [1.82, 2.24) is 14.9 Å². The minimum atomic E-state index is -0.234. The van der Waals surface area contributed by atoms with Crippen LogP contribution in [0.1, 0.15) is 33.8 Å². The monoisotopic (exact) mass is 350 g/mol. The van der Waals surface area contributed by atoms with Gasteiger partial charge in [-0.15, -0.1) is 0 Å². The third-order valence-electron chi connectivity index (χ3n) is 4.54. The molecule has 1 aliphatic rings. The summed E-state index contributed by atoms with van der Waals surface area (Å²) in [4.78, 5) is 28.7. The predicted octanol–water partition coefficient (Wildman–Crippen LogP) is 2.60. The zero-order valence-corrected chi connectivity index (χ0v) is 14.4. The molecule has 0 saturated carbocycles. The first kappa shape index (κ1) is 16.1. The highest BCUT2D eigenvalue weighted by Crippen LogP contribution is 2.27. The Morgan fingerprint density at radius 3 is 2.88 bits per heavy atom. The lowest BCUT2D eigenvalue weighted by molar-refractivity contribution is 0.0919. The molecule has 26 heavy (non-hydrogen) atoms. The molecule has 0 bridgehead atoms. The normalized spacial score (nSPS) is 16.1. The number of ether oxygens (including phenoxy) is 1. The molecule has 2 N–H and O–H groups in total. The predicted molar refractivity (Wildman–Crippen MR) is 97.7 cm³/mol. The third kappa shape index (κ3) is 2.67. The maximum Gasteiger partial charge on any atom is 0.268 e. The van der Waals surface area contributed by atoms with Gasteiger partial charge in [-0.2, -0.15) is 0 Å². The summed E-state index contributed by atoms with van der Waals surface area (Å²) in [7, 11) is 1.54. The van der Waals surface area contributed by atoms with Gasteiger partial charge in [0.1, 0.15) is 5.69 Å². The molecule has 1 aromatic carbocycles. The Morgan fingerprint density at radius 2 is 2.15 bits per heavy atom. The van der Waals surface area contributed by atoms with Crippen LogP contribution in [0.3, 0.4) is 0 Å². The number of rotatable bonds is 3. The summed E-state index contributed by atoms with van der Waals surface area (Å²) in [5.41, 5.74) is 2.60. The van der Waals surface area contributed by atoms with Crippen molar-refractivity contribution in [3.05, 3.63) is 53.9 Å². The van der Waals surface area contributed by atoms with Gasteiger partial charge >= 0.3 is 0 Å². The fraction of sp³-hybridized carbons (Fsp3) is 0.211. The Morgan fingerprint density at radius 1 is 1.31 bits per heavy atom. The van der Waals surface area contributed by atoms with Crippen molar-refractivity contribution in [2.75, 3.05) is 19.0 Å². The standard InChI is InChI=1S/C19H18N4O3/c1-11-9-21-19(25)16-7-12-3-4-13(8-15(12)23(11)16)18(24)22-14-5-6-17(26-2)20-10-14/h3-8,10-11H,9H2,1-2H3,(H,21,25)(H,22,24). The Hall–Kier alpha value is -3.35. The largest absolute Gasteiger partial charge is 0.481 e. The number of methoxy groups -OCH3 is 1. The first-order chi connectivity index (χ1) is 12.6. The fourth-order valence-corrected chi connectivity index (χ4v) is 3.21. The van der Waals surface area contributed by atoms with Gasteiger partial charge in [-0.25, -0.2) is 4.98 Å². The van der Waals surface area contributed by atoms with E-state index < -0.39 is 0 Å². The van der Waals surface area contributed by atoms with Gasteiger partial charge < -0.3 is 19.9 Å². The first-order valence-electron chi connectivity index (χ1n) is 8.31. The van der Waals surface area contributed by atoms with Crippen LogP contribution in [0.2, 0.25) is 0 Å². The van der Waals surface area contributed by atoms with E-state index in [4.69, 9.17) is 4.74 Å². The van der Waals surface area contributed by atoms with Crippen LogP contribution >= 0.6 is 0 Å². The summed E-state index contributed by atoms with van der Waals surface area (Å²) in [5, 5.41) is 6.63. The number of fused-ring (bicyclic) bond motifs is 3. The number of hydrogen-bond acceptors (Lipinski definition) is 4. The lowest BCUT2D eigenvalue weighted by Gasteiger charge is -2.24. The molecular weight excluding hydrogens is 332 g/mol. The summed E-state index contributed by atoms with van der Waals surface area (Å²) in [5.74, 6) is 0.161. The topological polar surface area (TPSA) is 85.2 Å². The van der Waals surface area contributed by atoms with Crippen LogP contribution in [0.25, 0.3) is 10.9 Å². The van der Waals surface area contributed by atoms with Crippen molar-refractivity contribution < 1.29 is 14.3 Å². The molecule has 3 heterocycles. The second-order valence-electron chi connectivity index (χ2n) is 6.28. The molecule has 0 spiro atoms. The number of aromatic nitrogens is 2. The van der Waals surface area contributed by atoms with Crippen molar-refractivity contribution in [3.63, 3.8) is 0 Å². The van der Waals surface area contributed by atoms with E-state index in [1.54, 1.807) is 24.4 Å². The molecule has 1 aliphatic heterocycles. The number of nitrogens with one attached hydrogen (secondary N) is 2. The second-order valence-corrected chi connectivity index (χ2v) is 6.28. The van der Waals surface area contributed by atoms with Crippen LogP contribution in [0.4, 0.5) is 5.69 Å². The van der Waals surface area contributed by atoms with Gasteiger partial charge in [0.2, 0.25) is 5.88 Å². The second kappa shape index (κ2) is 6.18. The molecule has 4 rings (SSSR count). The molecular formula is C19H18N4O3. The Balaban J connectivity index is 1.67. The van der Waals surface area contributed by atoms with E-state index in [0.717, 1.165) is 10.9 Å². The smallest absolute Gasteiger partial charge is 0.268 e. The van der Waals surface area contributed by atoms with E-state index in [2.05, 4.69) is 15.6 Å². The minimum Gasteiger partial charge on any atom is -0.481 e. The van der Waals surface area contributed by atoms with Gasteiger partial charge in [0, 0.05) is 35.1 Å². The molecule has 2 aromatic heterocycles. The van der Waals surface area contributed by atoms with Crippen LogP contribution in [0, 0.1) is 0 Å². The molecule has 0 radical (unpaired) electrons. The quantitative estimate of drug-likeness (QED) is 0.760. The van der Waals surface area contributed by atoms with Crippen LogP contribution in [0.5, 0.6) is 5.88 Å².